The molecule has 1 aliphatic heterocycles. The molecule has 0 saturated carbocycles. The summed E-state index contributed by atoms with van der Waals surface area (Å²) in [6.45, 7) is 7.50. The molecule has 3 heterocycles. The Morgan fingerprint density at radius 1 is 1.10 bits per heavy atom. The Kier molecular flexibility index (Phi) is 5.46. The average Bonchev–Trinajstić information content (AvgIpc) is 2.96. The first-order valence-corrected chi connectivity index (χ1v) is 10.0. The van der Waals surface area contributed by atoms with Crippen LogP contribution >= 0.6 is 11.3 Å². The Labute approximate surface area is 170 Å². The van der Waals surface area contributed by atoms with Crippen molar-refractivity contribution in [3.63, 3.8) is 0 Å². The summed E-state index contributed by atoms with van der Waals surface area (Å²) in [5, 5.41) is 0.804. The van der Waals surface area contributed by atoms with Gasteiger partial charge in [-0.25, -0.2) is 4.98 Å². The fraction of sp³-hybridized carbons (Fsp3) is 0.400. The van der Waals surface area contributed by atoms with Gasteiger partial charge in [-0.05, 0) is 43.7 Å². The van der Waals surface area contributed by atoms with Crippen molar-refractivity contribution in [2.45, 2.75) is 26.6 Å². The Balaban J connectivity index is 1.67. The summed E-state index contributed by atoms with van der Waals surface area (Å²) in [5.41, 5.74) is 0.304. The Hall–Kier alpha value is -2.23. The summed E-state index contributed by atoms with van der Waals surface area (Å²) in [7, 11) is 0. The first kappa shape index (κ1) is 20.1. The van der Waals surface area contributed by atoms with Crippen molar-refractivity contribution in [2.75, 3.05) is 26.3 Å². The number of fused-ring (bicyclic) bond motifs is 1. The number of morpholine rings is 1. The Morgan fingerprint density at radius 2 is 1.79 bits per heavy atom. The largest absolute Gasteiger partial charge is 0.438 e. The summed E-state index contributed by atoms with van der Waals surface area (Å²) in [6, 6.07) is 4.64. The molecule has 0 radical (unpaired) electrons. The molecule has 1 saturated heterocycles. The van der Waals surface area contributed by atoms with Gasteiger partial charge < -0.3 is 9.47 Å². The average molecular weight is 423 g/mol. The van der Waals surface area contributed by atoms with Gasteiger partial charge >= 0.3 is 6.18 Å². The van der Waals surface area contributed by atoms with Crippen LogP contribution in [0.25, 0.3) is 10.2 Å². The van der Waals surface area contributed by atoms with Gasteiger partial charge in [0.15, 0.2) is 0 Å². The van der Waals surface area contributed by atoms with Crippen molar-refractivity contribution in [3.8, 4) is 11.6 Å². The van der Waals surface area contributed by atoms with Crippen LogP contribution in [0.3, 0.4) is 0 Å². The Morgan fingerprint density at radius 3 is 2.45 bits per heavy atom. The topological polar surface area (TPSA) is 47.5 Å². The molecular formula is C20H20F3N3O2S. The van der Waals surface area contributed by atoms with E-state index in [0.29, 0.717) is 37.2 Å². The number of nitrogens with zero attached hydrogens (tertiary/aromatic N) is 3. The van der Waals surface area contributed by atoms with Crippen LogP contribution in [0.15, 0.2) is 24.3 Å². The van der Waals surface area contributed by atoms with E-state index in [9.17, 15) is 13.2 Å². The monoisotopic (exact) mass is 423 g/mol. The number of thiophene rings is 1. The summed E-state index contributed by atoms with van der Waals surface area (Å²) in [4.78, 5) is 13.4. The normalized spacial score (nSPS) is 15.8. The van der Waals surface area contributed by atoms with Crippen LogP contribution in [0.5, 0.6) is 11.6 Å². The van der Waals surface area contributed by atoms with E-state index in [2.05, 4.69) is 9.88 Å². The lowest BCUT2D eigenvalue weighted by Crippen LogP contribution is -2.36. The minimum Gasteiger partial charge on any atom is -0.438 e. The fourth-order valence-corrected chi connectivity index (χ4v) is 4.22. The number of aryl methyl sites for hydroxylation is 2. The fourth-order valence-electron chi connectivity index (χ4n) is 3.18. The number of hydrogen-bond acceptors (Lipinski definition) is 6. The minimum atomic E-state index is -4.38. The van der Waals surface area contributed by atoms with Crippen molar-refractivity contribution in [2.24, 2.45) is 0 Å². The number of ether oxygens (including phenoxy) is 2. The maximum absolute atomic E-state index is 12.8. The molecule has 0 atom stereocenters. The van der Waals surface area contributed by atoms with E-state index < -0.39 is 11.7 Å². The van der Waals surface area contributed by atoms with Gasteiger partial charge in [0.25, 0.3) is 0 Å². The highest BCUT2D eigenvalue weighted by molar-refractivity contribution is 7.18. The number of halogens is 3. The molecule has 2 aromatic heterocycles. The van der Waals surface area contributed by atoms with Crippen molar-refractivity contribution in [1.82, 2.24) is 14.9 Å². The lowest BCUT2D eigenvalue weighted by molar-refractivity contribution is -0.137. The van der Waals surface area contributed by atoms with E-state index >= 15 is 0 Å². The van der Waals surface area contributed by atoms with E-state index in [1.807, 2.05) is 13.8 Å². The van der Waals surface area contributed by atoms with Gasteiger partial charge in [-0.15, -0.1) is 11.3 Å². The molecule has 29 heavy (non-hydrogen) atoms. The van der Waals surface area contributed by atoms with Crippen LogP contribution in [-0.4, -0.2) is 41.2 Å². The molecule has 1 aromatic carbocycles. The highest BCUT2D eigenvalue weighted by atomic mass is 32.1. The molecule has 1 fully saturated rings. The molecule has 9 heteroatoms. The second-order valence-electron chi connectivity index (χ2n) is 6.92. The van der Waals surface area contributed by atoms with Crippen LogP contribution in [0.1, 0.15) is 21.8 Å². The zero-order chi connectivity index (χ0) is 20.6. The van der Waals surface area contributed by atoms with E-state index in [1.165, 1.54) is 12.1 Å². The first-order valence-electron chi connectivity index (χ1n) is 9.23. The third-order valence-corrected chi connectivity index (χ3v) is 6.01. The molecule has 154 valence electrons. The van der Waals surface area contributed by atoms with Crippen molar-refractivity contribution in [1.29, 1.82) is 0 Å². The number of hydrogen-bond donors (Lipinski definition) is 0. The smallest absolute Gasteiger partial charge is 0.416 e. The highest BCUT2D eigenvalue weighted by Crippen LogP contribution is 2.37. The summed E-state index contributed by atoms with van der Waals surface area (Å²) < 4.78 is 49.7. The molecule has 3 aromatic rings. The quantitative estimate of drug-likeness (QED) is 0.594. The maximum atomic E-state index is 12.8. The second-order valence-corrected chi connectivity index (χ2v) is 8.12. The summed E-state index contributed by atoms with van der Waals surface area (Å²) >= 11 is 1.56. The van der Waals surface area contributed by atoms with Gasteiger partial charge in [0.1, 0.15) is 16.4 Å². The lowest BCUT2D eigenvalue weighted by atomic mass is 10.2. The van der Waals surface area contributed by atoms with E-state index in [-0.39, 0.29) is 0 Å². The van der Waals surface area contributed by atoms with Crippen LogP contribution in [0.2, 0.25) is 0 Å². The number of alkyl halides is 3. The van der Waals surface area contributed by atoms with Crippen molar-refractivity contribution < 1.29 is 22.6 Å². The molecule has 1 aliphatic rings. The van der Waals surface area contributed by atoms with Gasteiger partial charge in [0, 0.05) is 18.0 Å². The Bertz CT molecular complexity index is 1010. The van der Waals surface area contributed by atoms with Crippen molar-refractivity contribution >= 4 is 21.6 Å². The molecular weight excluding hydrogens is 403 g/mol. The zero-order valence-corrected chi connectivity index (χ0v) is 16.9. The third kappa shape index (κ3) is 4.36. The van der Waals surface area contributed by atoms with E-state index in [4.69, 9.17) is 14.5 Å². The summed E-state index contributed by atoms with van der Waals surface area (Å²) in [6.07, 6.45) is -4.38. The predicted octanol–water partition coefficient (Wildman–Crippen LogP) is 4.95. The van der Waals surface area contributed by atoms with Crippen LogP contribution < -0.4 is 4.74 Å². The molecule has 4 rings (SSSR count). The highest BCUT2D eigenvalue weighted by Gasteiger charge is 2.30. The molecule has 0 bridgehead atoms. The van der Waals surface area contributed by atoms with E-state index in [0.717, 1.165) is 45.9 Å². The van der Waals surface area contributed by atoms with Crippen molar-refractivity contribution in [3.05, 3.63) is 46.1 Å². The first-order chi connectivity index (χ1) is 13.8. The van der Waals surface area contributed by atoms with Crippen LogP contribution in [-0.2, 0) is 17.5 Å². The third-order valence-electron chi connectivity index (χ3n) is 4.91. The maximum Gasteiger partial charge on any atom is 0.416 e. The van der Waals surface area contributed by atoms with E-state index in [1.54, 1.807) is 11.3 Å². The number of aromatic nitrogens is 2. The van der Waals surface area contributed by atoms with Gasteiger partial charge in [0.2, 0.25) is 5.88 Å². The standard InChI is InChI=1S/C20H20F3N3O2S/c1-12-13(2)29-19-17(12)18(24-16(25-19)11-26-7-9-27-10-8-26)28-15-5-3-14(4-6-15)20(21,22)23/h3-6H,7-11H2,1-2H3. The minimum absolute atomic E-state index is 0.304. The van der Waals surface area contributed by atoms with Crippen LogP contribution in [0, 0.1) is 13.8 Å². The number of benzene rings is 1. The summed E-state index contributed by atoms with van der Waals surface area (Å²) in [5.74, 6) is 1.31. The second kappa shape index (κ2) is 7.89. The zero-order valence-electron chi connectivity index (χ0n) is 16.0. The lowest BCUT2D eigenvalue weighted by Gasteiger charge is -2.25. The van der Waals surface area contributed by atoms with Gasteiger partial charge in [0.05, 0.1) is 30.7 Å². The number of rotatable bonds is 4. The van der Waals surface area contributed by atoms with Gasteiger partial charge in [-0.2, -0.15) is 18.2 Å². The van der Waals surface area contributed by atoms with Gasteiger partial charge in [-0.3, -0.25) is 4.90 Å². The molecule has 0 aliphatic carbocycles. The predicted molar refractivity (Wildman–Crippen MR) is 105 cm³/mol. The van der Waals surface area contributed by atoms with Crippen LogP contribution in [0.4, 0.5) is 13.2 Å². The molecule has 0 spiro atoms. The molecule has 5 nitrogen and oxygen atoms in total. The van der Waals surface area contributed by atoms with Gasteiger partial charge in [-0.1, -0.05) is 0 Å². The molecule has 0 N–H and O–H groups in total. The molecule has 0 amide bonds. The SMILES string of the molecule is Cc1sc2nc(CN3CCOCC3)nc(Oc3ccc(C(F)(F)F)cc3)c2c1C. The molecule has 0 unspecified atom stereocenters.